The van der Waals surface area contributed by atoms with E-state index in [9.17, 15) is 0 Å². The van der Waals surface area contributed by atoms with E-state index in [1.165, 1.54) is 19.3 Å². The van der Waals surface area contributed by atoms with Crippen LogP contribution in [0, 0.1) is 5.41 Å². The molecule has 0 saturated heterocycles. The molecule has 1 rings (SSSR count). The maximum atomic E-state index is 5.63. The van der Waals surface area contributed by atoms with Crippen molar-refractivity contribution in [1.29, 1.82) is 0 Å². The van der Waals surface area contributed by atoms with E-state index in [0.29, 0.717) is 0 Å². The Hall–Kier alpha value is -1.26. The van der Waals surface area contributed by atoms with Crippen molar-refractivity contribution in [3.05, 3.63) is 0 Å². The fourth-order valence-electron chi connectivity index (χ4n) is 2.04. The minimum atomic E-state index is -0.0372. The predicted molar refractivity (Wildman–Crippen MR) is 63.5 cm³/mol. The summed E-state index contributed by atoms with van der Waals surface area (Å²) in [7, 11) is 0. The molecular formula is C10H21N5. The molecule has 86 valence electrons. The topological polar surface area (TPSA) is 103 Å². The largest absolute Gasteiger partial charge is 0.370 e. The van der Waals surface area contributed by atoms with Crippen molar-refractivity contribution >= 4 is 11.9 Å². The molecular weight excluding hydrogens is 190 g/mol. The summed E-state index contributed by atoms with van der Waals surface area (Å²) in [6, 6.07) is 0.231. The van der Waals surface area contributed by atoms with Crippen LogP contribution in [0.15, 0.2) is 9.98 Å². The minimum Gasteiger partial charge on any atom is -0.370 e. The minimum absolute atomic E-state index is 0.0372. The second-order valence-corrected chi connectivity index (χ2v) is 4.77. The Morgan fingerprint density at radius 2 is 1.87 bits per heavy atom. The summed E-state index contributed by atoms with van der Waals surface area (Å²) in [6.45, 7) is 4.42. The molecule has 0 amide bonds. The van der Waals surface area contributed by atoms with Crippen molar-refractivity contribution in [3.63, 3.8) is 0 Å². The lowest BCUT2D eigenvalue weighted by atomic mass is 9.73. The Morgan fingerprint density at radius 3 is 2.40 bits per heavy atom. The van der Waals surface area contributed by atoms with E-state index in [1.807, 2.05) is 0 Å². The van der Waals surface area contributed by atoms with Crippen LogP contribution >= 0.6 is 0 Å². The van der Waals surface area contributed by atoms with Crippen molar-refractivity contribution in [2.75, 3.05) is 0 Å². The molecule has 0 heterocycles. The van der Waals surface area contributed by atoms with Crippen LogP contribution in [0.4, 0.5) is 0 Å². The molecule has 1 unspecified atom stereocenters. The van der Waals surface area contributed by atoms with Crippen molar-refractivity contribution in [1.82, 2.24) is 0 Å². The Balaban J connectivity index is 2.74. The van der Waals surface area contributed by atoms with Gasteiger partial charge in [-0.2, -0.15) is 4.99 Å². The van der Waals surface area contributed by atoms with Crippen LogP contribution in [0.25, 0.3) is 0 Å². The van der Waals surface area contributed by atoms with E-state index in [-0.39, 0.29) is 23.4 Å². The van der Waals surface area contributed by atoms with Crippen LogP contribution in [-0.4, -0.2) is 18.0 Å². The third-order valence-electron chi connectivity index (χ3n) is 2.98. The van der Waals surface area contributed by atoms with Gasteiger partial charge in [0, 0.05) is 0 Å². The summed E-state index contributed by atoms with van der Waals surface area (Å²) in [5.41, 5.74) is 16.3. The van der Waals surface area contributed by atoms with Gasteiger partial charge in [0.05, 0.1) is 6.04 Å². The molecule has 0 spiro atoms. The first-order valence-electron chi connectivity index (χ1n) is 5.35. The highest BCUT2D eigenvalue weighted by Crippen LogP contribution is 2.37. The van der Waals surface area contributed by atoms with Gasteiger partial charge in [0.25, 0.3) is 0 Å². The number of hydrogen-bond acceptors (Lipinski definition) is 1. The fourth-order valence-corrected chi connectivity index (χ4v) is 2.04. The number of guanidine groups is 2. The summed E-state index contributed by atoms with van der Waals surface area (Å²) in [5.74, 6) is 0.153. The molecule has 1 saturated carbocycles. The molecule has 1 aliphatic rings. The zero-order valence-corrected chi connectivity index (χ0v) is 9.53. The fraction of sp³-hybridized carbons (Fsp3) is 0.800. The van der Waals surface area contributed by atoms with E-state index in [1.54, 1.807) is 0 Å². The quantitative estimate of drug-likeness (QED) is 0.435. The summed E-state index contributed by atoms with van der Waals surface area (Å²) >= 11 is 0. The van der Waals surface area contributed by atoms with Crippen molar-refractivity contribution in [3.8, 4) is 0 Å². The van der Waals surface area contributed by atoms with Crippen LogP contribution < -0.4 is 17.2 Å². The van der Waals surface area contributed by atoms with Gasteiger partial charge in [0.1, 0.15) is 0 Å². The van der Waals surface area contributed by atoms with Crippen LogP contribution in [0.3, 0.4) is 0 Å². The number of rotatable bonds is 1. The summed E-state index contributed by atoms with van der Waals surface area (Å²) < 4.78 is 0. The van der Waals surface area contributed by atoms with Crippen molar-refractivity contribution < 1.29 is 0 Å². The lowest BCUT2D eigenvalue weighted by molar-refractivity contribution is 0.204. The second kappa shape index (κ2) is 4.51. The predicted octanol–water partition coefficient (Wildman–Crippen LogP) is 0.543. The van der Waals surface area contributed by atoms with Gasteiger partial charge >= 0.3 is 0 Å². The zero-order valence-electron chi connectivity index (χ0n) is 9.53. The average Bonchev–Trinajstić information content (AvgIpc) is 2.07. The maximum absolute atomic E-state index is 5.63. The van der Waals surface area contributed by atoms with E-state index >= 15 is 0 Å². The van der Waals surface area contributed by atoms with Gasteiger partial charge in [-0.05, 0) is 18.3 Å². The lowest BCUT2D eigenvalue weighted by Gasteiger charge is -2.35. The average molecular weight is 211 g/mol. The second-order valence-electron chi connectivity index (χ2n) is 4.77. The van der Waals surface area contributed by atoms with Gasteiger partial charge in [0.15, 0.2) is 5.96 Å². The van der Waals surface area contributed by atoms with Gasteiger partial charge in [-0.3, -0.25) is 0 Å². The van der Waals surface area contributed by atoms with Gasteiger partial charge in [-0.15, -0.1) is 0 Å². The highest BCUT2D eigenvalue weighted by molar-refractivity contribution is 5.92. The molecule has 6 N–H and O–H groups in total. The molecule has 1 atom stereocenters. The third-order valence-corrected chi connectivity index (χ3v) is 2.98. The molecule has 0 aromatic rings. The van der Waals surface area contributed by atoms with E-state index < -0.39 is 0 Å². The molecule has 5 heteroatoms. The standard InChI is InChI=1S/C10H21N5/c1-10(2)6-4-3-5-7(10)14-9(13)15-8(11)12/h7H,3-6H2,1-2H3,(H6,11,12,13,14,15). The molecule has 5 nitrogen and oxygen atoms in total. The van der Waals surface area contributed by atoms with Gasteiger partial charge in [0.2, 0.25) is 5.96 Å². The number of hydrogen-bond donors (Lipinski definition) is 3. The SMILES string of the molecule is CC1(C)CCCCC1N=C(N)N=C(N)N. The maximum Gasteiger partial charge on any atom is 0.218 e. The Bertz CT molecular complexity index is 276. The van der Waals surface area contributed by atoms with E-state index in [0.717, 1.165) is 6.42 Å². The van der Waals surface area contributed by atoms with Crippen LogP contribution in [0.1, 0.15) is 39.5 Å². The van der Waals surface area contributed by atoms with E-state index in [4.69, 9.17) is 17.2 Å². The Labute approximate surface area is 90.8 Å². The summed E-state index contributed by atoms with van der Waals surface area (Å²) in [6.07, 6.45) is 4.71. The molecule has 0 aliphatic heterocycles. The molecule has 1 aliphatic carbocycles. The number of aliphatic imine (C=N–C) groups is 2. The molecule has 1 fully saturated rings. The molecule has 0 radical (unpaired) electrons. The monoisotopic (exact) mass is 211 g/mol. The first-order valence-corrected chi connectivity index (χ1v) is 5.35. The van der Waals surface area contributed by atoms with Gasteiger partial charge in [-0.25, -0.2) is 4.99 Å². The smallest absolute Gasteiger partial charge is 0.218 e. The van der Waals surface area contributed by atoms with Crippen molar-refractivity contribution in [2.24, 2.45) is 32.6 Å². The number of nitrogens with two attached hydrogens (primary N) is 3. The highest BCUT2D eigenvalue weighted by atomic mass is 15.1. The zero-order chi connectivity index (χ0) is 11.5. The number of nitrogens with zero attached hydrogens (tertiary/aromatic N) is 2. The lowest BCUT2D eigenvalue weighted by Crippen LogP contribution is -2.34. The van der Waals surface area contributed by atoms with Gasteiger partial charge in [-0.1, -0.05) is 26.7 Å². The summed E-state index contributed by atoms with van der Waals surface area (Å²) in [5, 5.41) is 0. The molecule has 0 aromatic heterocycles. The third kappa shape index (κ3) is 3.42. The van der Waals surface area contributed by atoms with Crippen LogP contribution in [0.5, 0.6) is 0 Å². The van der Waals surface area contributed by atoms with Gasteiger partial charge < -0.3 is 17.2 Å². The van der Waals surface area contributed by atoms with E-state index in [2.05, 4.69) is 23.8 Å². The Kier molecular flexibility index (Phi) is 3.55. The molecule has 0 bridgehead atoms. The highest BCUT2D eigenvalue weighted by Gasteiger charge is 2.31. The molecule has 0 aromatic carbocycles. The first-order chi connectivity index (χ1) is 6.92. The molecule has 15 heavy (non-hydrogen) atoms. The summed E-state index contributed by atoms with van der Waals surface area (Å²) in [4.78, 5) is 8.11. The Morgan fingerprint density at radius 1 is 1.20 bits per heavy atom. The normalized spacial score (nSPS) is 26.0. The first kappa shape index (κ1) is 11.8. The van der Waals surface area contributed by atoms with Crippen molar-refractivity contribution in [2.45, 2.75) is 45.6 Å². The van der Waals surface area contributed by atoms with Crippen LogP contribution in [-0.2, 0) is 0 Å². The van der Waals surface area contributed by atoms with Crippen LogP contribution in [0.2, 0.25) is 0 Å².